The van der Waals surface area contributed by atoms with Gasteiger partial charge in [0.15, 0.2) is 0 Å². The Labute approximate surface area is 119 Å². The fraction of sp³-hybridized carbons (Fsp3) is 0.154. The first-order valence-electron chi connectivity index (χ1n) is 5.89. The van der Waals surface area contributed by atoms with Crippen molar-refractivity contribution in [1.29, 1.82) is 0 Å². The zero-order chi connectivity index (χ0) is 14.8. The summed E-state index contributed by atoms with van der Waals surface area (Å²) in [7, 11) is 0. The standard InChI is InChI=1S/C13H11BClF3NO/c1-9-2-3-10(13(15)4-9)8-20-12-5-11(6-19-7-12)14(16,17)18/h2-7H,8H2,1H3/q-1. The van der Waals surface area contributed by atoms with Crippen LogP contribution in [0.2, 0.25) is 5.02 Å². The number of aromatic nitrogens is 1. The van der Waals surface area contributed by atoms with Gasteiger partial charge in [-0.15, -0.1) is 0 Å². The molecule has 0 saturated heterocycles. The Morgan fingerprint density at radius 3 is 2.60 bits per heavy atom. The van der Waals surface area contributed by atoms with Crippen LogP contribution in [-0.4, -0.2) is 12.0 Å². The predicted octanol–water partition coefficient (Wildman–Crippen LogP) is 3.68. The molecule has 0 aliphatic heterocycles. The number of ether oxygens (including phenoxy) is 1. The molecule has 7 heteroatoms. The minimum Gasteiger partial charge on any atom is -0.487 e. The molecule has 1 aromatic carbocycles. The van der Waals surface area contributed by atoms with Gasteiger partial charge in [0, 0.05) is 16.8 Å². The molecule has 0 amide bonds. The van der Waals surface area contributed by atoms with Crippen LogP contribution in [0.3, 0.4) is 0 Å². The van der Waals surface area contributed by atoms with Gasteiger partial charge < -0.3 is 17.7 Å². The van der Waals surface area contributed by atoms with Crippen molar-refractivity contribution in [2.24, 2.45) is 0 Å². The first-order valence-corrected chi connectivity index (χ1v) is 6.27. The molecule has 0 bridgehead atoms. The third-order valence-corrected chi connectivity index (χ3v) is 3.07. The van der Waals surface area contributed by atoms with E-state index in [-0.39, 0.29) is 12.4 Å². The summed E-state index contributed by atoms with van der Waals surface area (Å²) >= 11 is 6.03. The number of benzene rings is 1. The van der Waals surface area contributed by atoms with Crippen LogP contribution in [0.5, 0.6) is 5.75 Å². The third kappa shape index (κ3) is 3.66. The van der Waals surface area contributed by atoms with Gasteiger partial charge in [-0.2, -0.15) is 0 Å². The molecule has 0 atom stereocenters. The van der Waals surface area contributed by atoms with Crippen LogP contribution in [0.15, 0.2) is 36.7 Å². The lowest BCUT2D eigenvalue weighted by Crippen LogP contribution is -2.34. The summed E-state index contributed by atoms with van der Waals surface area (Å²) in [5.74, 6) is 0.0679. The monoisotopic (exact) mass is 300 g/mol. The maximum absolute atomic E-state index is 12.6. The highest BCUT2D eigenvalue weighted by molar-refractivity contribution is 6.73. The summed E-state index contributed by atoms with van der Waals surface area (Å²) in [6.07, 6.45) is 2.03. The van der Waals surface area contributed by atoms with Crippen molar-refractivity contribution in [3.63, 3.8) is 0 Å². The van der Waals surface area contributed by atoms with Gasteiger partial charge in [-0.3, -0.25) is 4.98 Å². The van der Waals surface area contributed by atoms with Crippen LogP contribution in [0.25, 0.3) is 0 Å². The number of pyridine rings is 1. The molecule has 0 radical (unpaired) electrons. The van der Waals surface area contributed by atoms with Crippen molar-refractivity contribution in [2.75, 3.05) is 0 Å². The van der Waals surface area contributed by atoms with Gasteiger partial charge in [-0.05, 0) is 24.6 Å². The largest absolute Gasteiger partial charge is 0.511 e. The normalized spacial score (nSPS) is 11.4. The molecule has 0 spiro atoms. The zero-order valence-electron chi connectivity index (χ0n) is 10.6. The van der Waals surface area contributed by atoms with Gasteiger partial charge in [-0.1, -0.05) is 29.2 Å². The van der Waals surface area contributed by atoms with Crippen LogP contribution >= 0.6 is 11.6 Å². The summed E-state index contributed by atoms with van der Waals surface area (Å²) in [6, 6.07) is 6.35. The van der Waals surface area contributed by atoms with Crippen molar-refractivity contribution >= 4 is 24.0 Å². The zero-order valence-corrected chi connectivity index (χ0v) is 11.4. The van der Waals surface area contributed by atoms with Gasteiger partial charge in [0.25, 0.3) is 0 Å². The predicted molar refractivity (Wildman–Crippen MR) is 73.5 cm³/mol. The number of halogens is 4. The Bertz CT molecular complexity index is 619. The Kier molecular flexibility index (Phi) is 4.23. The molecule has 0 N–H and O–H groups in total. The minimum atomic E-state index is -5.08. The SMILES string of the molecule is Cc1ccc(COc2cncc([B-](F)(F)F)c2)c(Cl)c1. The average Bonchev–Trinajstić information content (AvgIpc) is 2.37. The van der Waals surface area contributed by atoms with E-state index >= 15 is 0 Å². The van der Waals surface area contributed by atoms with Gasteiger partial charge in [0.05, 0.1) is 6.20 Å². The quantitative estimate of drug-likeness (QED) is 0.804. The van der Waals surface area contributed by atoms with Crippen LogP contribution in [0.4, 0.5) is 12.9 Å². The first-order chi connectivity index (χ1) is 9.36. The number of nitrogens with zero attached hydrogens (tertiary/aromatic N) is 1. The summed E-state index contributed by atoms with van der Waals surface area (Å²) in [6.45, 7) is -3.09. The van der Waals surface area contributed by atoms with E-state index in [0.29, 0.717) is 10.6 Å². The summed E-state index contributed by atoms with van der Waals surface area (Å²) in [5, 5.41) is 0.522. The van der Waals surface area contributed by atoms with Crippen molar-refractivity contribution in [3.05, 3.63) is 52.8 Å². The molecule has 1 aromatic heterocycles. The van der Waals surface area contributed by atoms with E-state index in [1.54, 1.807) is 12.1 Å². The molecular formula is C13H11BClF3NO-. The lowest BCUT2D eigenvalue weighted by molar-refractivity contribution is 0.305. The van der Waals surface area contributed by atoms with E-state index < -0.39 is 12.4 Å². The van der Waals surface area contributed by atoms with Crippen LogP contribution in [0.1, 0.15) is 11.1 Å². The molecular weight excluding hydrogens is 289 g/mol. The molecule has 2 aromatic rings. The van der Waals surface area contributed by atoms with Crippen molar-refractivity contribution in [3.8, 4) is 5.75 Å². The maximum Gasteiger partial charge on any atom is 0.511 e. The molecule has 2 nitrogen and oxygen atoms in total. The molecule has 106 valence electrons. The highest BCUT2D eigenvalue weighted by Gasteiger charge is 2.26. The van der Waals surface area contributed by atoms with Crippen molar-refractivity contribution in [2.45, 2.75) is 13.5 Å². The second kappa shape index (κ2) is 5.75. The number of hydrogen-bond acceptors (Lipinski definition) is 2. The van der Waals surface area contributed by atoms with Crippen LogP contribution < -0.4 is 10.2 Å². The second-order valence-corrected chi connectivity index (χ2v) is 4.82. The number of hydrogen-bond donors (Lipinski definition) is 0. The number of aryl methyl sites for hydroxylation is 1. The molecule has 0 aliphatic carbocycles. The Morgan fingerprint density at radius 1 is 1.20 bits per heavy atom. The summed E-state index contributed by atoms with van der Waals surface area (Å²) in [4.78, 5) is 3.54. The van der Waals surface area contributed by atoms with Gasteiger partial charge >= 0.3 is 6.98 Å². The maximum atomic E-state index is 12.6. The molecule has 0 fully saturated rings. The van der Waals surface area contributed by atoms with Gasteiger partial charge in [-0.25, -0.2) is 0 Å². The van der Waals surface area contributed by atoms with E-state index in [9.17, 15) is 12.9 Å². The van der Waals surface area contributed by atoms with E-state index in [0.717, 1.165) is 17.8 Å². The Balaban J connectivity index is 2.11. The number of rotatable bonds is 4. The molecule has 0 unspecified atom stereocenters. The van der Waals surface area contributed by atoms with Gasteiger partial charge in [0.1, 0.15) is 12.4 Å². The van der Waals surface area contributed by atoms with E-state index in [2.05, 4.69) is 4.98 Å². The fourth-order valence-electron chi connectivity index (χ4n) is 1.62. The van der Waals surface area contributed by atoms with Crippen molar-refractivity contribution in [1.82, 2.24) is 4.98 Å². The fourth-order valence-corrected chi connectivity index (χ4v) is 1.91. The molecule has 0 aliphatic rings. The van der Waals surface area contributed by atoms with Gasteiger partial charge in [0.2, 0.25) is 0 Å². The molecule has 1 heterocycles. The highest BCUT2D eigenvalue weighted by atomic mass is 35.5. The molecule has 0 saturated carbocycles. The Morgan fingerprint density at radius 2 is 1.95 bits per heavy atom. The van der Waals surface area contributed by atoms with E-state index in [4.69, 9.17) is 16.3 Å². The average molecular weight is 300 g/mol. The smallest absolute Gasteiger partial charge is 0.487 e. The lowest BCUT2D eigenvalue weighted by Gasteiger charge is -2.15. The van der Waals surface area contributed by atoms with E-state index in [1.165, 1.54) is 6.20 Å². The van der Waals surface area contributed by atoms with Crippen LogP contribution in [-0.2, 0) is 6.61 Å². The summed E-state index contributed by atoms with van der Waals surface area (Å²) in [5.41, 5.74) is 0.930. The highest BCUT2D eigenvalue weighted by Crippen LogP contribution is 2.20. The lowest BCUT2D eigenvalue weighted by atomic mass is 9.81. The molecule has 20 heavy (non-hydrogen) atoms. The van der Waals surface area contributed by atoms with Crippen LogP contribution in [0, 0.1) is 6.92 Å². The molecule has 2 rings (SSSR count). The Hall–Kier alpha value is -1.69. The topological polar surface area (TPSA) is 22.1 Å². The third-order valence-electron chi connectivity index (χ3n) is 2.72. The minimum absolute atomic E-state index is 0.0679. The second-order valence-electron chi connectivity index (χ2n) is 4.41. The first kappa shape index (κ1) is 14.7. The van der Waals surface area contributed by atoms with Crippen molar-refractivity contribution < 1.29 is 17.7 Å². The van der Waals surface area contributed by atoms with E-state index in [1.807, 2.05) is 13.0 Å². The summed E-state index contributed by atoms with van der Waals surface area (Å²) < 4.78 is 43.1.